The average Bonchev–Trinajstić information content (AvgIpc) is 2.25. The highest BCUT2D eigenvalue weighted by atomic mass is 16.5. The average molecular weight is 227 g/mol. The van der Waals surface area contributed by atoms with Gasteiger partial charge in [0.1, 0.15) is 0 Å². The van der Waals surface area contributed by atoms with Gasteiger partial charge in [-0.2, -0.15) is 0 Å². The molecule has 1 N–H and O–H groups in total. The monoisotopic (exact) mass is 227 g/mol. The van der Waals surface area contributed by atoms with Gasteiger partial charge in [-0.05, 0) is 37.6 Å². The number of methoxy groups -OCH3 is 1. The summed E-state index contributed by atoms with van der Waals surface area (Å²) in [5, 5.41) is 3.53. The Balaban J connectivity index is 3.32. The molecule has 0 atom stereocenters. The summed E-state index contributed by atoms with van der Waals surface area (Å²) in [4.78, 5) is 0. The summed E-state index contributed by atoms with van der Waals surface area (Å²) in [5.74, 6) is 0. The van der Waals surface area contributed by atoms with Gasteiger partial charge in [-0.1, -0.05) is 26.3 Å². The molecule has 2 heteroatoms. The van der Waals surface area contributed by atoms with E-state index in [0.29, 0.717) is 5.41 Å². The van der Waals surface area contributed by atoms with Crippen LogP contribution in [0.15, 0.2) is 12.7 Å². The molecule has 0 aromatic rings. The van der Waals surface area contributed by atoms with E-state index < -0.39 is 0 Å². The molecule has 0 unspecified atom stereocenters. The van der Waals surface area contributed by atoms with Crippen LogP contribution in [0.5, 0.6) is 0 Å². The Morgan fingerprint density at radius 3 is 2.62 bits per heavy atom. The van der Waals surface area contributed by atoms with Gasteiger partial charge in [0.2, 0.25) is 0 Å². The highest BCUT2D eigenvalue weighted by molar-refractivity contribution is 4.71. The second-order valence-corrected chi connectivity index (χ2v) is 5.22. The first-order valence-electron chi connectivity index (χ1n) is 6.43. The van der Waals surface area contributed by atoms with Gasteiger partial charge < -0.3 is 10.1 Å². The fraction of sp³-hybridized carbons (Fsp3) is 0.857. The van der Waals surface area contributed by atoms with Crippen LogP contribution in [0.4, 0.5) is 0 Å². The highest BCUT2D eigenvalue weighted by Gasteiger charge is 2.16. The Bertz CT molecular complexity index is 166. The predicted octanol–water partition coefficient (Wildman–Crippen LogP) is 3.39. The molecule has 0 aliphatic carbocycles. The molecule has 0 amide bonds. The van der Waals surface area contributed by atoms with Crippen molar-refractivity contribution < 1.29 is 4.74 Å². The normalized spacial score (nSPS) is 11.7. The smallest absolute Gasteiger partial charge is 0.0467 e. The fourth-order valence-corrected chi connectivity index (χ4v) is 1.61. The fourth-order valence-electron chi connectivity index (χ4n) is 1.61. The lowest BCUT2D eigenvalue weighted by Crippen LogP contribution is -2.31. The minimum Gasteiger partial charge on any atom is -0.385 e. The highest BCUT2D eigenvalue weighted by Crippen LogP contribution is 2.18. The first kappa shape index (κ1) is 15.7. The molecule has 0 saturated heterocycles. The molecule has 0 spiro atoms. The summed E-state index contributed by atoms with van der Waals surface area (Å²) in [6.07, 6.45) is 8.12. The van der Waals surface area contributed by atoms with E-state index in [4.69, 9.17) is 4.74 Å². The van der Waals surface area contributed by atoms with Crippen LogP contribution in [-0.2, 0) is 4.74 Å². The van der Waals surface area contributed by atoms with Crippen molar-refractivity contribution in [1.29, 1.82) is 0 Å². The molecule has 0 saturated carbocycles. The van der Waals surface area contributed by atoms with Crippen LogP contribution in [0, 0.1) is 5.41 Å². The van der Waals surface area contributed by atoms with E-state index in [0.717, 1.165) is 32.5 Å². The van der Waals surface area contributed by atoms with Gasteiger partial charge in [-0.15, -0.1) is 6.58 Å². The van der Waals surface area contributed by atoms with E-state index >= 15 is 0 Å². The van der Waals surface area contributed by atoms with Gasteiger partial charge in [0.25, 0.3) is 0 Å². The van der Waals surface area contributed by atoms with Crippen LogP contribution in [0.3, 0.4) is 0 Å². The van der Waals surface area contributed by atoms with Crippen LogP contribution in [0.2, 0.25) is 0 Å². The standard InChI is InChI=1S/C14H29NO/c1-5-6-7-8-9-11-15-13-14(2,3)10-12-16-4/h5,15H,1,6-13H2,2-4H3. The first-order chi connectivity index (χ1) is 7.62. The van der Waals surface area contributed by atoms with Crippen LogP contribution in [-0.4, -0.2) is 26.8 Å². The summed E-state index contributed by atoms with van der Waals surface area (Å²) in [6.45, 7) is 11.4. The van der Waals surface area contributed by atoms with Crippen molar-refractivity contribution in [3.63, 3.8) is 0 Å². The molecular formula is C14H29NO. The van der Waals surface area contributed by atoms with Crippen LogP contribution in [0.1, 0.15) is 46.0 Å². The second kappa shape index (κ2) is 9.86. The zero-order chi connectivity index (χ0) is 12.3. The van der Waals surface area contributed by atoms with Crippen LogP contribution < -0.4 is 5.32 Å². The predicted molar refractivity (Wildman–Crippen MR) is 71.8 cm³/mol. The van der Waals surface area contributed by atoms with E-state index in [1.807, 2.05) is 6.08 Å². The van der Waals surface area contributed by atoms with Crippen molar-refractivity contribution in [2.45, 2.75) is 46.0 Å². The number of allylic oxidation sites excluding steroid dienone is 1. The van der Waals surface area contributed by atoms with Gasteiger partial charge in [0, 0.05) is 20.3 Å². The largest absolute Gasteiger partial charge is 0.385 e. The Morgan fingerprint density at radius 1 is 1.25 bits per heavy atom. The third kappa shape index (κ3) is 10.2. The lowest BCUT2D eigenvalue weighted by Gasteiger charge is -2.24. The molecule has 0 rings (SSSR count). The van der Waals surface area contributed by atoms with Crippen molar-refractivity contribution in [1.82, 2.24) is 5.32 Å². The molecule has 0 aliphatic heterocycles. The van der Waals surface area contributed by atoms with Crippen molar-refractivity contribution in [2.24, 2.45) is 5.41 Å². The van der Waals surface area contributed by atoms with Crippen molar-refractivity contribution in [3.05, 3.63) is 12.7 Å². The Kier molecular flexibility index (Phi) is 9.65. The molecule has 0 aliphatic rings. The Labute approximate surface area is 101 Å². The van der Waals surface area contributed by atoms with Crippen molar-refractivity contribution in [3.8, 4) is 0 Å². The van der Waals surface area contributed by atoms with E-state index in [1.165, 1.54) is 19.3 Å². The molecule has 0 bridgehead atoms. The number of hydrogen-bond acceptors (Lipinski definition) is 2. The molecule has 0 heterocycles. The summed E-state index contributed by atoms with van der Waals surface area (Å²) in [6, 6.07) is 0. The maximum atomic E-state index is 5.11. The zero-order valence-electron chi connectivity index (χ0n) is 11.3. The summed E-state index contributed by atoms with van der Waals surface area (Å²) < 4.78 is 5.11. The Hall–Kier alpha value is -0.340. The number of unbranched alkanes of at least 4 members (excludes halogenated alkanes) is 3. The first-order valence-corrected chi connectivity index (χ1v) is 6.43. The molecule has 16 heavy (non-hydrogen) atoms. The third-order valence-corrected chi connectivity index (χ3v) is 2.85. The molecule has 0 aromatic heterocycles. The summed E-state index contributed by atoms with van der Waals surface area (Å²) in [7, 11) is 1.77. The van der Waals surface area contributed by atoms with Crippen LogP contribution >= 0.6 is 0 Å². The zero-order valence-corrected chi connectivity index (χ0v) is 11.3. The third-order valence-electron chi connectivity index (χ3n) is 2.85. The SMILES string of the molecule is C=CCCCCCNCC(C)(C)CCOC. The lowest BCUT2D eigenvalue weighted by molar-refractivity contribution is 0.151. The molecule has 0 aromatic carbocycles. The van der Waals surface area contributed by atoms with Gasteiger partial charge in [0.15, 0.2) is 0 Å². The van der Waals surface area contributed by atoms with Crippen molar-refractivity contribution in [2.75, 3.05) is 26.8 Å². The van der Waals surface area contributed by atoms with Crippen molar-refractivity contribution >= 4 is 0 Å². The van der Waals surface area contributed by atoms with E-state index in [1.54, 1.807) is 7.11 Å². The van der Waals surface area contributed by atoms with E-state index in [2.05, 4.69) is 25.7 Å². The molecular weight excluding hydrogens is 198 g/mol. The topological polar surface area (TPSA) is 21.3 Å². The lowest BCUT2D eigenvalue weighted by atomic mass is 9.90. The van der Waals surface area contributed by atoms with Gasteiger partial charge >= 0.3 is 0 Å². The van der Waals surface area contributed by atoms with Gasteiger partial charge in [-0.3, -0.25) is 0 Å². The minimum atomic E-state index is 0.344. The maximum Gasteiger partial charge on any atom is 0.0467 e. The second-order valence-electron chi connectivity index (χ2n) is 5.22. The number of ether oxygens (including phenoxy) is 1. The molecule has 2 nitrogen and oxygen atoms in total. The number of rotatable bonds is 11. The van der Waals surface area contributed by atoms with E-state index in [-0.39, 0.29) is 0 Å². The molecule has 0 fully saturated rings. The maximum absolute atomic E-state index is 5.11. The number of nitrogens with one attached hydrogen (secondary N) is 1. The van der Waals surface area contributed by atoms with Gasteiger partial charge in [-0.25, -0.2) is 0 Å². The van der Waals surface area contributed by atoms with Gasteiger partial charge in [0.05, 0.1) is 0 Å². The summed E-state index contributed by atoms with van der Waals surface area (Å²) >= 11 is 0. The van der Waals surface area contributed by atoms with Crippen LogP contribution in [0.25, 0.3) is 0 Å². The Morgan fingerprint density at radius 2 is 2.00 bits per heavy atom. The van der Waals surface area contributed by atoms with E-state index in [9.17, 15) is 0 Å². The number of hydrogen-bond donors (Lipinski definition) is 1. The summed E-state index contributed by atoms with van der Waals surface area (Å²) in [5.41, 5.74) is 0.344. The molecule has 96 valence electrons. The quantitative estimate of drug-likeness (QED) is 0.431. The molecule has 0 radical (unpaired) electrons. The minimum absolute atomic E-state index is 0.344.